The van der Waals surface area contributed by atoms with Gasteiger partial charge in [-0.15, -0.1) is 0 Å². The van der Waals surface area contributed by atoms with Gasteiger partial charge in [-0.25, -0.2) is 0 Å². The molecular weight excluding hydrogens is 940 g/mol. The van der Waals surface area contributed by atoms with Crippen LogP contribution in [0.4, 0.5) is 34.1 Å². The van der Waals surface area contributed by atoms with Crippen LogP contribution in [-0.2, 0) is 37.9 Å². The molecule has 0 aromatic heterocycles. The Morgan fingerprint density at radius 1 is 0.346 bits per heavy atom. The van der Waals surface area contributed by atoms with Gasteiger partial charge in [-0.2, -0.15) is 0 Å². The van der Waals surface area contributed by atoms with Crippen molar-refractivity contribution in [2.75, 3.05) is 9.80 Å². The molecule has 0 spiro atoms. The maximum Gasteiger partial charge on any atom is 0.252 e. The van der Waals surface area contributed by atoms with Gasteiger partial charge in [-0.1, -0.05) is 226 Å². The standard InChI is InChI=1S/C75H83BN2/c1-69(2,3)52-32-36-63(56(41-52)50-29-27-49(28-30-50)48-23-19-17-20-24-48)78-64-42-53(75(15,16)51-25-21-18-22-26-51)31-35-61(64)76-62-46-59-60(74(13,14)40-39-73(59,11)12)47-65(62)77(66-43-54(70(4,5)6)44-67(78)68(66)76)55-33-34-57-58(45-55)72(9,10)38-37-71(57,7)8/h17-36,41-47H,37-40H2,1-16H3. The van der Waals surface area contributed by atoms with E-state index in [4.69, 9.17) is 0 Å². The lowest BCUT2D eigenvalue weighted by molar-refractivity contribution is 0.332. The smallest absolute Gasteiger partial charge is 0.252 e. The minimum absolute atomic E-state index is 0.0167. The molecule has 8 aromatic rings. The summed E-state index contributed by atoms with van der Waals surface area (Å²) in [6.07, 6.45) is 4.68. The van der Waals surface area contributed by atoms with E-state index in [9.17, 15) is 0 Å². The molecular formula is C75H83BN2. The molecule has 0 radical (unpaired) electrons. The van der Waals surface area contributed by atoms with Crippen molar-refractivity contribution >= 4 is 57.2 Å². The van der Waals surface area contributed by atoms with Gasteiger partial charge in [0.2, 0.25) is 0 Å². The summed E-state index contributed by atoms with van der Waals surface area (Å²) in [5.74, 6) is 0. The maximum absolute atomic E-state index is 2.73. The topological polar surface area (TPSA) is 6.48 Å². The lowest BCUT2D eigenvalue weighted by atomic mass is 9.33. The van der Waals surface area contributed by atoms with Crippen LogP contribution in [0.25, 0.3) is 22.3 Å². The highest BCUT2D eigenvalue weighted by molar-refractivity contribution is 7.00. The normalized spacial score (nSPS) is 17.6. The highest BCUT2D eigenvalue weighted by Crippen LogP contribution is 2.54. The van der Waals surface area contributed by atoms with E-state index >= 15 is 0 Å². The van der Waals surface area contributed by atoms with Crippen LogP contribution in [0, 0.1) is 0 Å². The van der Waals surface area contributed by atoms with Crippen molar-refractivity contribution in [2.45, 2.75) is 174 Å². The van der Waals surface area contributed by atoms with Gasteiger partial charge < -0.3 is 9.80 Å². The van der Waals surface area contributed by atoms with E-state index in [2.05, 4.69) is 284 Å². The van der Waals surface area contributed by atoms with E-state index in [1.54, 1.807) is 0 Å². The third kappa shape index (κ3) is 8.42. The zero-order valence-corrected chi connectivity index (χ0v) is 49.9. The van der Waals surface area contributed by atoms with Gasteiger partial charge in [-0.05, 0) is 184 Å². The van der Waals surface area contributed by atoms with Crippen molar-refractivity contribution in [1.82, 2.24) is 0 Å². The van der Waals surface area contributed by atoms with E-state index in [1.807, 2.05) is 0 Å². The molecule has 2 nitrogen and oxygen atoms in total. The predicted molar refractivity (Wildman–Crippen MR) is 338 cm³/mol. The largest absolute Gasteiger partial charge is 0.311 e. The zero-order chi connectivity index (χ0) is 55.3. The van der Waals surface area contributed by atoms with Crippen LogP contribution in [-0.4, -0.2) is 6.71 Å². The monoisotopic (exact) mass is 1020 g/mol. The average molecular weight is 1020 g/mol. The summed E-state index contributed by atoms with van der Waals surface area (Å²) >= 11 is 0. The molecule has 2 heterocycles. The quantitative estimate of drug-likeness (QED) is 0.153. The molecule has 4 aliphatic rings. The molecule has 78 heavy (non-hydrogen) atoms. The summed E-state index contributed by atoms with van der Waals surface area (Å²) in [7, 11) is 0. The fourth-order valence-corrected chi connectivity index (χ4v) is 14.1. The Bertz CT molecular complexity index is 3670. The molecule has 0 saturated heterocycles. The van der Waals surface area contributed by atoms with Gasteiger partial charge in [0, 0.05) is 39.4 Å². The Labute approximate surface area is 469 Å². The van der Waals surface area contributed by atoms with Gasteiger partial charge in [0.05, 0.1) is 5.69 Å². The molecule has 0 fully saturated rings. The lowest BCUT2D eigenvalue weighted by Crippen LogP contribution is -2.62. The number of benzene rings is 8. The van der Waals surface area contributed by atoms with E-state index < -0.39 is 0 Å². The van der Waals surface area contributed by atoms with Gasteiger partial charge >= 0.3 is 0 Å². The minimum atomic E-state index is -0.266. The summed E-state index contributed by atoms with van der Waals surface area (Å²) in [6, 6.07) is 64.4. The van der Waals surface area contributed by atoms with E-state index in [0.29, 0.717) is 0 Å². The number of hydrogen-bond acceptors (Lipinski definition) is 2. The summed E-state index contributed by atoms with van der Waals surface area (Å²) in [5, 5.41) is 0. The summed E-state index contributed by atoms with van der Waals surface area (Å²) in [4.78, 5) is 5.45. The number of anilines is 6. The molecule has 2 aliphatic carbocycles. The first-order chi connectivity index (χ1) is 36.7. The molecule has 3 heteroatoms. The molecule has 2 aliphatic heterocycles. The summed E-state index contributed by atoms with van der Waals surface area (Å²) in [5.41, 5.74) is 27.6. The van der Waals surface area contributed by atoms with Crippen LogP contribution in [0.3, 0.4) is 0 Å². The van der Waals surface area contributed by atoms with Gasteiger partial charge in [0.1, 0.15) is 0 Å². The van der Waals surface area contributed by atoms with Gasteiger partial charge in [0.25, 0.3) is 6.71 Å². The molecule has 396 valence electrons. The summed E-state index contributed by atoms with van der Waals surface area (Å²) in [6.45, 7) is 38.9. The first kappa shape index (κ1) is 52.1. The Morgan fingerprint density at radius 2 is 0.833 bits per heavy atom. The van der Waals surface area contributed by atoms with E-state index in [-0.39, 0.29) is 44.6 Å². The third-order valence-corrected chi connectivity index (χ3v) is 19.6. The number of rotatable bonds is 6. The highest BCUT2D eigenvalue weighted by atomic mass is 15.2. The second kappa shape index (κ2) is 17.7. The third-order valence-electron chi connectivity index (χ3n) is 19.6. The van der Waals surface area contributed by atoms with Gasteiger partial charge in [0.15, 0.2) is 0 Å². The predicted octanol–water partition coefficient (Wildman–Crippen LogP) is 18.7. The van der Waals surface area contributed by atoms with Crippen molar-refractivity contribution in [2.24, 2.45) is 0 Å². The summed E-state index contributed by atoms with van der Waals surface area (Å²) < 4.78 is 0. The van der Waals surface area contributed by atoms with Crippen molar-refractivity contribution in [3.8, 4) is 22.3 Å². The van der Waals surface area contributed by atoms with Crippen LogP contribution in [0.1, 0.15) is 181 Å². The molecule has 0 N–H and O–H groups in total. The molecule has 0 saturated carbocycles. The van der Waals surface area contributed by atoms with Gasteiger partial charge in [-0.3, -0.25) is 0 Å². The SMILES string of the molecule is CC(C)(C)c1ccc(N2c3cc(C(C)(C)c4ccccc4)ccc3B3c4cc5c(cc4N(c4ccc6c(c4)C(C)(C)CCC6(C)C)c4cc(C(C)(C)C)cc2c43)C(C)(C)CCC5(C)C)c(-c2ccc(-c3ccccc3)cc2)c1. The Balaban J connectivity index is 1.21. The van der Waals surface area contributed by atoms with Crippen LogP contribution >= 0.6 is 0 Å². The zero-order valence-electron chi connectivity index (χ0n) is 49.9. The lowest BCUT2D eigenvalue weighted by Gasteiger charge is -2.48. The van der Waals surface area contributed by atoms with Crippen molar-refractivity contribution in [3.63, 3.8) is 0 Å². The molecule has 0 amide bonds. The minimum Gasteiger partial charge on any atom is -0.311 e. The maximum atomic E-state index is 2.73. The van der Waals surface area contributed by atoms with Crippen LogP contribution < -0.4 is 26.2 Å². The highest BCUT2D eigenvalue weighted by Gasteiger charge is 2.48. The molecule has 8 aromatic carbocycles. The number of nitrogens with zero attached hydrogens (tertiary/aromatic N) is 2. The van der Waals surface area contributed by atoms with Crippen molar-refractivity contribution in [1.29, 1.82) is 0 Å². The first-order valence-corrected chi connectivity index (χ1v) is 29.3. The Hall–Kier alpha value is -6.58. The van der Waals surface area contributed by atoms with Crippen LogP contribution in [0.5, 0.6) is 0 Å². The van der Waals surface area contributed by atoms with E-state index in [1.165, 1.54) is 130 Å². The Kier molecular flexibility index (Phi) is 11.8. The first-order valence-electron chi connectivity index (χ1n) is 29.3. The van der Waals surface area contributed by atoms with Crippen LogP contribution in [0.15, 0.2) is 164 Å². The molecule has 0 unspecified atom stereocenters. The fraction of sp³-hybridized carbons (Fsp3) is 0.360. The average Bonchev–Trinajstić information content (AvgIpc) is 3.39. The second-order valence-corrected chi connectivity index (χ2v) is 29.2. The molecule has 0 bridgehead atoms. The fourth-order valence-electron chi connectivity index (χ4n) is 14.1. The second-order valence-electron chi connectivity index (χ2n) is 29.2. The van der Waals surface area contributed by atoms with Crippen molar-refractivity contribution < 1.29 is 0 Å². The number of hydrogen-bond donors (Lipinski definition) is 0. The molecule has 12 rings (SSSR count). The number of fused-ring (bicyclic) bond motifs is 6. The van der Waals surface area contributed by atoms with Crippen LogP contribution in [0.2, 0.25) is 0 Å². The molecule has 0 atom stereocenters. The van der Waals surface area contributed by atoms with E-state index in [0.717, 1.165) is 12.8 Å². The Morgan fingerprint density at radius 3 is 1.44 bits per heavy atom. The van der Waals surface area contributed by atoms with Crippen molar-refractivity contribution in [3.05, 3.63) is 208 Å².